The van der Waals surface area contributed by atoms with E-state index in [2.05, 4.69) is 22.3 Å². The lowest BCUT2D eigenvalue weighted by Gasteiger charge is -2.34. The van der Waals surface area contributed by atoms with Crippen molar-refractivity contribution in [3.05, 3.63) is 35.9 Å². The van der Waals surface area contributed by atoms with Gasteiger partial charge in [0.05, 0.1) is 6.54 Å². The first-order chi connectivity index (χ1) is 13.2. The van der Waals surface area contributed by atoms with E-state index in [9.17, 15) is 9.59 Å². The molecule has 1 N–H and O–H groups in total. The van der Waals surface area contributed by atoms with Gasteiger partial charge in [-0.2, -0.15) is 0 Å². The Balaban J connectivity index is 0.00000225. The minimum Gasteiger partial charge on any atom is -0.342 e. The summed E-state index contributed by atoms with van der Waals surface area (Å²) in [5.74, 6) is 1.34. The fourth-order valence-electron chi connectivity index (χ4n) is 3.98. The van der Waals surface area contributed by atoms with Gasteiger partial charge in [0.1, 0.15) is 0 Å². The fourth-order valence-corrected chi connectivity index (χ4v) is 3.98. The zero-order chi connectivity index (χ0) is 18.6. The smallest absolute Gasteiger partial charge is 0.236 e. The van der Waals surface area contributed by atoms with Gasteiger partial charge in [-0.3, -0.25) is 9.59 Å². The molecule has 2 aliphatic carbocycles. The quantitative estimate of drug-likeness (QED) is 0.723. The number of halogens is 1. The third-order valence-electron chi connectivity index (χ3n) is 6.07. The fraction of sp³-hybridized carbons (Fsp3) is 0.636. The van der Waals surface area contributed by atoms with Crippen LogP contribution in [0.3, 0.4) is 0 Å². The van der Waals surface area contributed by atoms with E-state index in [0.717, 1.165) is 38.1 Å². The SMILES string of the molecule is Cl.O=C(CNCC1CC1)N1CCC(C(=O)N(Cc2ccccc2)C2CC2)CC1. The number of hydrogen-bond acceptors (Lipinski definition) is 3. The van der Waals surface area contributed by atoms with Crippen LogP contribution in [0.25, 0.3) is 0 Å². The molecule has 0 aromatic heterocycles. The lowest BCUT2D eigenvalue weighted by atomic mass is 9.94. The van der Waals surface area contributed by atoms with E-state index in [4.69, 9.17) is 0 Å². The van der Waals surface area contributed by atoms with E-state index in [-0.39, 0.29) is 24.2 Å². The maximum absolute atomic E-state index is 13.1. The molecule has 154 valence electrons. The third-order valence-corrected chi connectivity index (χ3v) is 6.07. The summed E-state index contributed by atoms with van der Waals surface area (Å²) in [6.07, 6.45) is 6.45. The van der Waals surface area contributed by atoms with Crippen LogP contribution in [0.4, 0.5) is 0 Å². The van der Waals surface area contributed by atoms with Crippen LogP contribution in [0.1, 0.15) is 44.1 Å². The second-order valence-electron chi connectivity index (χ2n) is 8.41. The molecule has 4 rings (SSSR count). The number of nitrogens with zero attached hydrogens (tertiary/aromatic N) is 2. The average Bonchev–Trinajstić information content (AvgIpc) is 3.61. The minimum absolute atomic E-state index is 0. The van der Waals surface area contributed by atoms with E-state index >= 15 is 0 Å². The van der Waals surface area contributed by atoms with Crippen molar-refractivity contribution in [3.63, 3.8) is 0 Å². The van der Waals surface area contributed by atoms with Gasteiger partial charge in [0.2, 0.25) is 11.8 Å². The summed E-state index contributed by atoms with van der Waals surface area (Å²) < 4.78 is 0. The summed E-state index contributed by atoms with van der Waals surface area (Å²) in [7, 11) is 0. The Labute approximate surface area is 174 Å². The van der Waals surface area contributed by atoms with Crippen LogP contribution in [0.5, 0.6) is 0 Å². The third kappa shape index (κ3) is 5.71. The zero-order valence-corrected chi connectivity index (χ0v) is 17.3. The summed E-state index contributed by atoms with van der Waals surface area (Å²) >= 11 is 0. The number of carbonyl (C=O) groups is 2. The van der Waals surface area contributed by atoms with Crippen molar-refractivity contribution in [2.45, 2.75) is 51.1 Å². The van der Waals surface area contributed by atoms with Gasteiger partial charge in [0.15, 0.2) is 0 Å². The summed E-state index contributed by atoms with van der Waals surface area (Å²) in [6, 6.07) is 10.7. The summed E-state index contributed by atoms with van der Waals surface area (Å²) in [5.41, 5.74) is 1.20. The highest BCUT2D eigenvalue weighted by Gasteiger charge is 2.37. The molecule has 3 aliphatic rings. The number of piperidine rings is 1. The van der Waals surface area contributed by atoms with Crippen molar-refractivity contribution >= 4 is 24.2 Å². The van der Waals surface area contributed by atoms with Crippen molar-refractivity contribution in [3.8, 4) is 0 Å². The van der Waals surface area contributed by atoms with Crippen LogP contribution < -0.4 is 5.32 Å². The standard InChI is InChI=1S/C22H31N3O2.ClH/c26-21(15-23-14-17-6-7-17)24-12-10-19(11-13-24)22(27)25(20-8-9-20)16-18-4-2-1-3-5-18;/h1-5,17,19-20,23H,6-16H2;1H. The predicted molar refractivity (Wildman–Crippen MR) is 112 cm³/mol. The Morgan fingerprint density at radius 1 is 1.00 bits per heavy atom. The van der Waals surface area contributed by atoms with Crippen LogP contribution in [0, 0.1) is 11.8 Å². The second-order valence-corrected chi connectivity index (χ2v) is 8.41. The maximum atomic E-state index is 13.1. The van der Waals surface area contributed by atoms with Gasteiger partial charge >= 0.3 is 0 Å². The first-order valence-corrected chi connectivity index (χ1v) is 10.5. The van der Waals surface area contributed by atoms with Crippen LogP contribution in [-0.4, -0.2) is 53.8 Å². The van der Waals surface area contributed by atoms with Gasteiger partial charge in [-0.15, -0.1) is 12.4 Å². The van der Waals surface area contributed by atoms with Crippen molar-refractivity contribution in [2.75, 3.05) is 26.2 Å². The van der Waals surface area contributed by atoms with Gasteiger partial charge in [0, 0.05) is 31.6 Å². The molecule has 2 saturated carbocycles. The Morgan fingerprint density at radius 2 is 1.68 bits per heavy atom. The number of hydrogen-bond donors (Lipinski definition) is 1. The molecule has 5 nitrogen and oxygen atoms in total. The van der Waals surface area contributed by atoms with E-state index in [0.29, 0.717) is 38.1 Å². The Morgan fingerprint density at radius 3 is 2.29 bits per heavy atom. The van der Waals surface area contributed by atoms with E-state index in [1.807, 2.05) is 23.1 Å². The molecule has 1 aromatic carbocycles. The highest BCUT2D eigenvalue weighted by atomic mass is 35.5. The molecule has 1 aromatic rings. The average molecular weight is 406 g/mol. The topological polar surface area (TPSA) is 52.7 Å². The van der Waals surface area contributed by atoms with E-state index in [1.54, 1.807) is 0 Å². The van der Waals surface area contributed by atoms with Crippen molar-refractivity contribution in [1.29, 1.82) is 0 Å². The predicted octanol–water partition coefficient (Wildman–Crippen LogP) is 2.84. The van der Waals surface area contributed by atoms with Crippen molar-refractivity contribution in [1.82, 2.24) is 15.1 Å². The first kappa shape index (κ1) is 21.1. The molecule has 0 spiro atoms. The number of rotatable bonds is 8. The summed E-state index contributed by atoms with van der Waals surface area (Å²) in [6.45, 7) is 3.55. The Hall–Kier alpha value is -1.59. The van der Waals surface area contributed by atoms with Gasteiger partial charge in [-0.1, -0.05) is 30.3 Å². The Bertz CT molecular complexity index is 653. The summed E-state index contributed by atoms with van der Waals surface area (Å²) in [5, 5.41) is 3.28. The molecular weight excluding hydrogens is 374 g/mol. The molecule has 2 amide bonds. The number of amides is 2. The monoisotopic (exact) mass is 405 g/mol. The lowest BCUT2D eigenvalue weighted by Crippen LogP contribution is -2.47. The summed E-state index contributed by atoms with van der Waals surface area (Å²) in [4.78, 5) is 29.5. The minimum atomic E-state index is 0. The number of nitrogens with one attached hydrogen (secondary N) is 1. The largest absolute Gasteiger partial charge is 0.342 e. The highest BCUT2D eigenvalue weighted by Crippen LogP contribution is 2.32. The van der Waals surface area contributed by atoms with Gasteiger partial charge in [-0.25, -0.2) is 0 Å². The molecule has 1 saturated heterocycles. The van der Waals surface area contributed by atoms with Crippen LogP contribution >= 0.6 is 12.4 Å². The number of benzene rings is 1. The number of likely N-dealkylation sites (tertiary alicyclic amines) is 1. The van der Waals surface area contributed by atoms with E-state index < -0.39 is 0 Å². The van der Waals surface area contributed by atoms with Crippen molar-refractivity contribution < 1.29 is 9.59 Å². The molecule has 1 heterocycles. The molecule has 0 unspecified atom stereocenters. The van der Waals surface area contributed by atoms with Crippen LogP contribution in [-0.2, 0) is 16.1 Å². The molecule has 28 heavy (non-hydrogen) atoms. The molecule has 3 fully saturated rings. The van der Waals surface area contributed by atoms with Gasteiger partial charge in [0.25, 0.3) is 0 Å². The van der Waals surface area contributed by atoms with Gasteiger partial charge in [-0.05, 0) is 56.6 Å². The second kappa shape index (κ2) is 9.75. The lowest BCUT2D eigenvalue weighted by molar-refractivity contribution is -0.141. The maximum Gasteiger partial charge on any atom is 0.236 e. The highest BCUT2D eigenvalue weighted by molar-refractivity contribution is 5.85. The molecule has 0 atom stereocenters. The van der Waals surface area contributed by atoms with Crippen molar-refractivity contribution in [2.24, 2.45) is 11.8 Å². The van der Waals surface area contributed by atoms with Gasteiger partial charge < -0.3 is 15.1 Å². The zero-order valence-electron chi connectivity index (χ0n) is 16.5. The molecule has 0 radical (unpaired) electrons. The molecule has 6 heteroatoms. The van der Waals surface area contributed by atoms with E-state index in [1.165, 1.54) is 18.4 Å². The first-order valence-electron chi connectivity index (χ1n) is 10.5. The molecule has 1 aliphatic heterocycles. The van der Waals surface area contributed by atoms with Crippen LogP contribution in [0.2, 0.25) is 0 Å². The van der Waals surface area contributed by atoms with Crippen LogP contribution in [0.15, 0.2) is 30.3 Å². The Kier molecular flexibility index (Phi) is 7.36. The number of carbonyl (C=O) groups excluding carboxylic acids is 2. The molecular formula is C22H32ClN3O2. The normalized spacial score (nSPS) is 19.8. The molecule has 0 bridgehead atoms.